The predicted octanol–water partition coefficient (Wildman–Crippen LogP) is 1.70. The fraction of sp³-hybridized carbons (Fsp3) is 0.833. The van der Waals surface area contributed by atoms with Gasteiger partial charge in [0.25, 0.3) is 0 Å². The van der Waals surface area contributed by atoms with E-state index in [0.717, 1.165) is 6.29 Å². The van der Waals surface area contributed by atoms with Crippen LogP contribution in [0.5, 0.6) is 0 Å². The zero-order chi connectivity index (χ0) is 6.57. The molecule has 0 N–H and O–H groups in total. The molecule has 1 unspecified atom stereocenters. The molecule has 0 aliphatic heterocycles. The number of alkyl halides is 1. The Morgan fingerprint density at radius 2 is 2.12 bits per heavy atom. The van der Waals surface area contributed by atoms with E-state index in [0.29, 0.717) is 11.8 Å². The molecule has 0 heterocycles. The molecular weight excluding hydrogens is 124 g/mol. The quantitative estimate of drug-likeness (QED) is 0.424. The molecule has 1 nitrogen and oxygen atoms in total. The zero-order valence-corrected chi connectivity index (χ0v) is 5.98. The molecule has 0 aromatic carbocycles. The van der Waals surface area contributed by atoms with Crippen LogP contribution < -0.4 is 0 Å². The van der Waals surface area contributed by atoms with Crippen LogP contribution in [0.2, 0.25) is 0 Å². The van der Waals surface area contributed by atoms with Crippen LogP contribution in [0.3, 0.4) is 0 Å². The highest BCUT2D eigenvalue weighted by Gasteiger charge is 2.08. The van der Waals surface area contributed by atoms with Crippen LogP contribution in [0.1, 0.15) is 13.8 Å². The van der Waals surface area contributed by atoms with Gasteiger partial charge in [-0.25, -0.2) is 0 Å². The third-order valence-electron chi connectivity index (χ3n) is 1.21. The summed E-state index contributed by atoms with van der Waals surface area (Å²) in [6.07, 6.45) is 0.914. The summed E-state index contributed by atoms with van der Waals surface area (Å²) >= 11 is 5.43. The topological polar surface area (TPSA) is 17.1 Å². The smallest absolute Gasteiger partial charge is 0.124 e. The molecule has 0 radical (unpaired) electrons. The third kappa shape index (κ3) is 2.31. The van der Waals surface area contributed by atoms with Gasteiger partial charge in [-0.3, -0.25) is 0 Å². The Balaban J connectivity index is 3.51. The zero-order valence-electron chi connectivity index (χ0n) is 5.23. The molecule has 2 heteroatoms. The van der Waals surface area contributed by atoms with Gasteiger partial charge in [0.1, 0.15) is 6.29 Å². The average Bonchev–Trinajstić information content (AvgIpc) is 1.69. The second kappa shape index (κ2) is 3.90. The summed E-state index contributed by atoms with van der Waals surface area (Å²) in [6, 6.07) is 0. The normalized spacial score (nSPS) is 14.0. The van der Waals surface area contributed by atoms with Crippen molar-refractivity contribution in [2.75, 3.05) is 5.88 Å². The second-order valence-electron chi connectivity index (χ2n) is 2.20. The van der Waals surface area contributed by atoms with E-state index < -0.39 is 0 Å². The molecule has 0 spiro atoms. The van der Waals surface area contributed by atoms with E-state index in [1.807, 2.05) is 13.8 Å². The van der Waals surface area contributed by atoms with Gasteiger partial charge in [0.05, 0.1) is 0 Å². The lowest BCUT2D eigenvalue weighted by molar-refractivity contribution is -0.111. The maximum atomic E-state index is 10.1. The number of carbonyl (C=O) groups is 1. The summed E-state index contributed by atoms with van der Waals surface area (Å²) in [4.78, 5) is 10.1. The fourth-order valence-corrected chi connectivity index (χ4v) is 0.801. The van der Waals surface area contributed by atoms with E-state index in [2.05, 4.69) is 0 Å². The molecule has 0 bridgehead atoms. The van der Waals surface area contributed by atoms with Crippen LogP contribution in [0.15, 0.2) is 0 Å². The van der Waals surface area contributed by atoms with Gasteiger partial charge < -0.3 is 4.79 Å². The first-order valence-electron chi connectivity index (χ1n) is 2.73. The van der Waals surface area contributed by atoms with Crippen molar-refractivity contribution in [3.8, 4) is 0 Å². The van der Waals surface area contributed by atoms with Crippen LogP contribution in [0.25, 0.3) is 0 Å². The summed E-state index contributed by atoms with van der Waals surface area (Å²) in [5, 5.41) is 0. The summed E-state index contributed by atoms with van der Waals surface area (Å²) < 4.78 is 0. The lowest BCUT2D eigenvalue weighted by Gasteiger charge is -2.07. The van der Waals surface area contributed by atoms with E-state index >= 15 is 0 Å². The second-order valence-corrected chi connectivity index (χ2v) is 2.51. The minimum Gasteiger partial charge on any atom is -0.303 e. The molecule has 0 saturated heterocycles. The Labute approximate surface area is 55.0 Å². The number of hydrogen-bond donors (Lipinski definition) is 0. The number of aldehydes is 1. The first-order valence-corrected chi connectivity index (χ1v) is 3.27. The standard InChI is InChI=1S/C6H11ClO/c1-5(2)6(3-7)4-8/h4-6H,3H2,1-2H3. The summed E-state index contributed by atoms with van der Waals surface area (Å²) in [7, 11) is 0. The lowest BCUT2D eigenvalue weighted by Crippen LogP contribution is -2.10. The average molecular weight is 135 g/mol. The van der Waals surface area contributed by atoms with Crippen LogP contribution in [-0.4, -0.2) is 12.2 Å². The lowest BCUT2D eigenvalue weighted by atomic mass is 10.0. The monoisotopic (exact) mass is 134 g/mol. The van der Waals surface area contributed by atoms with Crippen molar-refractivity contribution in [3.05, 3.63) is 0 Å². The molecule has 0 aliphatic carbocycles. The fourth-order valence-electron chi connectivity index (χ4n) is 0.372. The number of carbonyl (C=O) groups excluding carboxylic acids is 1. The van der Waals surface area contributed by atoms with E-state index in [1.54, 1.807) is 0 Å². The van der Waals surface area contributed by atoms with Crippen molar-refractivity contribution in [2.45, 2.75) is 13.8 Å². The Bertz CT molecular complexity index is 70.9. The van der Waals surface area contributed by atoms with Crippen molar-refractivity contribution in [3.63, 3.8) is 0 Å². The maximum absolute atomic E-state index is 10.1. The van der Waals surface area contributed by atoms with Gasteiger partial charge in [0.15, 0.2) is 0 Å². The highest BCUT2D eigenvalue weighted by Crippen LogP contribution is 2.08. The van der Waals surface area contributed by atoms with Crippen LogP contribution in [-0.2, 0) is 4.79 Å². The van der Waals surface area contributed by atoms with Gasteiger partial charge in [-0.15, -0.1) is 11.6 Å². The first-order chi connectivity index (χ1) is 3.72. The van der Waals surface area contributed by atoms with Crippen molar-refractivity contribution in [1.82, 2.24) is 0 Å². The van der Waals surface area contributed by atoms with Crippen LogP contribution in [0.4, 0.5) is 0 Å². The van der Waals surface area contributed by atoms with Gasteiger partial charge in [0, 0.05) is 11.8 Å². The Morgan fingerprint density at radius 3 is 2.12 bits per heavy atom. The Kier molecular flexibility index (Phi) is 3.88. The predicted molar refractivity (Wildman–Crippen MR) is 35.1 cm³/mol. The van der Waals surface area contributed by atoms with E-state index in [-0.39, 0.29) is 5.92 Å². The van der Waals surface area contributed by atoms with Crippen molar-refractivity contribution in [2.24, 2.45) is 11.8 Å². The third-order valence-corrected chi connectivity index (χ3v) is 1.57. The maximum Gasteiger partial charge on any atom is 0.124 e. The molecule has 1 atom stereocenters. The Morgan fingerprint density at radius 1 is 1.62 bits per heavy atom. The first kappa shape index (κ1) is 7.96. The van der Waals surface area contributed by atoms with Crippen molar-refractivity contribution >= 4 is 17.9 Å². The molecule has 0 aromatic rings. The van der Waals surface area contributed by atoms with Crippen LogP contribution in [0, 0.1) is 11.8 Å². The van der Waals surface area contributed by atoms with Crippen molar-refractivity contribution < 1.29 is 4.79 Å². The SMILES string of the molecule is CC(C)C(C=O)CCl. The molecule has 48 valence electrons. The van der Waals surface area contributed by atoms with Gasteiger partial charge in [-0.2, -0.15) is 0 Å². The van der Waals surface area contributed by atoms with E-state index in [4.69, 9.17) is 11.6 Å². The molecule has 0 saturated carbocycles. The minimum atomic E-state index is 0.0386. The minimum absolute atomic E-state index is 0.0386. The van der Waals surface area contributed by atoms with E-state index in [1.165, 1.54) is 0 Å². The number of halogens is 1. The molecule has 0 aliphatic rings. The molecule has 0 rings (SSSR count). The molecule has 8 heavy (non-hydrogen) atoms. The molecule has 0 amide bonds. The van der Waals surface area contributed by atoms with Gasteiger partial charge >= 0.3 is 0 Å². The molecule has 0 fully saturated rings. The van der Waals surface area contributed by atoms with Gasteiger partial charge in [-0.05, 0) is 5.92 Å². The molecular formula is C6H11ClO. The highest BCUT2D eigenvalue weighted by atomic mass is 35.5. The van der Waals surface area contributed by atoms with E-state index in [9.17, 15) is 4.79 Å². The van der Waals surface area contributed by atoms with Crippen LogP contribution >= 0.6 is 11.6 Å². The van der Waals surface area contributed by atoms with Gasteiger partial charge in [0.2, 0.25) is 0 Å². The summed E-state index contributed by atoms with van der Waals surface area (Å²) in [6.45, 7) is 3.98. The summed E-state index contributed by atoms with van der Waals surface area (Å²) in [5.74, 6) is 0.864. The summed E-state index contributed by atoms with van der Waals surface area (Å²) in [5.41, 5.74) is 0. The number of hydrogen-bond acceptors (Lipinski definition) is 1. The highest BCUT2D eigenvalue weighted by molar-refractivity contribution is 6.18. The molecule has 0 aromatic heterocycles. The number of rotatable bonds is 3. The largest absolute Gasteiger partial charge is 0.303 e. The van der Waals surface area contributed by atoms with Crippen molar-refractivity contribution in [1.29, 1.82) is 0 Å². The van der Waals surface area contributed by atoms with Gasteiger partial charge in [-0.1, -0.05) is 13.8 Å². The Hall–Kier alpha value is -0.0400.